The van der Waals surface area contributed by atoms with Gasteiger partial charge in [-0.15, -0.1) is 24.0 Å². The van der Waals surface area contributed by atoms with E-state index in [2.05, 4.69) is 15.6 Å². The van der Waals surface area contributed by atoms with Crippen LogP contribution in [0.4, 0.5) is 0 Å². The van der Waals surface area contributed by atoms with Crippen LogP contribution in [0, 0.1) is 0 Å². The van der Waals surface area contributed by atoms with Crippen molar-refractivity contribution in [3.63, 3.8) is 0 Å². The summed E-state index contributed by atoms with van der Waals surface area (Å²) in [6, 6.07) is 5.48. The van der Waals surface area contributed by atoms with Gasteiger partial charge in [0.1, 0.15) is 0 Å². The van der Waals surface area contributed by atoms with Crippen LogP contribution in [0.2, 0.25) is 10.0 Å². The topological polar surface area (TPSA) is 70.6 Å². The van der Waals surface area contributed by atoms with Gasteiger partial charge in [0.05, 0.1) is 5.75 Å². The number of nitrogens with one attached hydrogen (secondary N) is 2. The van der Waals surface area contributed by atoms with Crippen molar-refractivity contribution in [3.8, 4) is 0 Å². The quantitative estimate of drug-likeness (QED) is 0.245. The third-order valence-corrected chi connectivity index (χ3v) is 5.59. The van der Waals surface area contributed by atoms with Crippen molar-refractivity contribution in [2.45, 2.75) is 19.8 Å². The molecule has 1 aromatic rings. The van der Waals surface area contributed by atoms with Gasteiger partial charge in [-0.25, -0.2) is 8.42 Å². The van der Waals surface area contributed by atoms with Crippen LogP contribution in [0.5, 0.6) is 0 Å². The van der Waals surface area contributed by atoms with Crippen molar-refractivity contribution >= 4 is 63.0 Å². The first-order chi connectivity index (χ1) is 10.9. The minimum atomic E-state index is -2.96. The zero-order valence-electron chi connectivity index (χ0n) is 13.8. The van der Waals surface area contributed by atoms with Crippen LogP contribution in [0.25, 0.3) is 0 Å². The van der Waals surface area contributed by atoms with E-state index in [0.29, 0.717) is 29.1 Å². The highest BCUT2D eigenvalue weighted by molar-refractivity contribution is 14.0. The summed E-state index contributed by atoms with van der Waals surface area (Å²) in [6.45, 7) is 2.70. The average molecular weight is 508 g/mol. The van der Waals surface area contributed by atoms with E-state index in [1.54, 1.807) is 20.0 Å². The summed E-state index contributed by atoms with van der Waals surface area (Å²) in [4.78, 5) is 4.06. The van der Waals surface area contributed by atoms with Crippen molar-refractivity contribution in [2.24, 2.45) is 4.99 Å². The number of nitrogens with zero attached hydrogens (tertiary/aromatic N) is 1. The molecule has 2 N–H and O–H groups in total. The summed E-state index contributed by atoms with van der Waals surface area (Å²) in [5.74, 6) is 0.853. The first-order valence-corrected chi connectivity index (χ1v) is 10.0. The summed E-state index contributed by atoms with van der Waals surface area (Å²) in [6.07, 6.45) is 1.69. The van der Waals surface area contributed by atoms with Crippen molar-refractivity contribution < 1.29 is 8.42 Å². The standard InChI is InChI=1S/C15H23Cl2N3O2S.HI/c1-3-23(21,22)10-9-20-15(18-2)19-8-4-5-12-6-7-13(16)11-14(12)17;/h6-7,11H,3-5,8-10H2,1-2H3,(H2,18,19,20);1H. The highest BCUT2D eigenvalue weighted by Gasteiger charge is 2.07. The molecule has 0 atom stereocenters. The van der Waals surface area contributed by atoms with Gasteiger partial charge in [0.2, 0.25) is 0 Å². The second-order valence-electron chi connectivity index (χ2n) is 5.00. The average Bonchev–Trinajstić information content (AvgIpc) is 2.51. The van der Waals surface area contributed by atoms with Crippen LogP contribution in [0.3, 0.4) is 0 Å². The van der Waals surface area contributed by atoms with Crippen LogP contribution in [-0.4, -0.2) is 46.0 Å². The van der Waals surface area contributed by atoms with Gasteiger partial charge in [-0.05, 0) is 30.5 Å². The molecule has 0 fully saturated rings. The minimum Gasteiger partial charge on any atom is -0.356 e. The Hall–Kier alpha value is -0.250. The fraction of sp³-hybridized carbons (Fsp3) is 0.533. The number of aliphatic imine (C=N–C) groups is 1. The predicted molar refractivity (Wildman–Crippen MR) is 114 cm³/mol. The molecule has 0 spiro atoms. The first-order valence-electron chi connectivity index (χ1n) is 7.47. The Bertz CT molecular complexity index is 640. The van der Waals surface area contributed by atoms with Crippen molar-refractivity contribution in [3.05, 3.63) is 33.8 Å². The van der Waals surface area contributed by atoms with Crippen molar-refractivity contribution in [1.82, 2.24) is 10.6 Å². The maximum absolute atomic E-state index is 11.4. The zero-order valence-corrected chi connectivity index (χ0v) is 18.5. The second kappa shape index (κ2) is 12.2. The van der Waals surface area contributed by atoms with E-state index < -0.39 is 9.84 Å². The molecule has 0 aliphatic heterocycles. The third-order valence-electron chi connectivity index (χ3n) is 3.30. The molecule has 1 aromatic carbocycles. The SMILES string of the molecule is CCS(=O)(=O)CCNC(=NC)NCCCc1ccc(Cl)cc1Cl.I. The zero-order chi connectivity index (χ0) is 17.3. The number of benzene rings is 1. The van der Waals surface area contributed by atoms with Gasteiger partial charge in [-0.1, -0.05) is 36.2 Å². The molecule has 0 amide bonds. The highest BCUT2D eigenvalue weighted by Crippen LogP contribution is 2.21. The van der Waals surface area contributed by atoms with Crippen molar-refractivity contribution in [2.75, 3.05) is 31.6 Å². The fourth-order valence-corrected chi connectivity index (χ4v) is 3.10. The molecule has 9 heteroatoms. The molecule has 24 heavy (non-hydrogen) atoms. The lowest BCUT2D eigenvalue weighted by Crippen LogP contribution is -2.40. The van der Waals surface area contributed by atoms with Gasteiger partial charge < -0.3 is 10.6 Å². The lowest BCUT2D eigenvalue weighted by molar-refractivity contribution is 0.595. The number of guanidine groups is 1. The van der Waals surface area contributed by atoms with Crippen LogP contribution in [0.15, 0.2) is 23.2 Å². The van der Waals surface area contributed by atoms with Crippen LogP contribution < -0.4 is 10.6 Å². The molecule has 1 rings (SSSR count). The lowest BCUT2D eigenvalue weighted by Gasteiger charge is -2.12. The summed E-state index contributed by atoms with van der Waals surface area (Å²) >= 11 is 12.0. The first kappa shape index (κ1) is 23.8. The van der Waals surface area contributed by atoms with Crippen LogP contribution in [-0.2, 0) is 16.3 Å². The highest BCUT2D eigenvalue weighted by atomic mass is 127. The Labute approximate surface area is 171 Å². The molecular formula is C15H24Cl2IN3O2S. The molecule has 0 aliphatic carbocycles. The van der Waals surface area contributed by atoms with Gasteiger partial charge in [0, 0.05) is 35.9 Å². The summed E-state index contributed by atoms with van der Waals surface area (Å²) in [7, 11) is -1.31. The molecule has 0 saturated heterocycles. The van der Waals surface area contributed by atoms with E-state index in [1.165, 1.54) is 0 Å². The Kier molecular flexibility index (Phi) is 12.0. The number of sulfone groups is 1. The molecule has 0 bridgehead atoms. The summed E-state index contributed by atoms with van der Waals surface area (Å²) in [5.41, 5.74) is 1.05. The molecule has 0 aromatic heterocycles. The monoisotopic (exact) mass is 507 g/mol. The number of halogens is 3. The van der Waals surface area contributed by atoms with E-state index in [4.69, 9.17) is 23.2 Å². The van der Waals surface area contributed by atoms with Gasteiger partial charge >= 0.3 is 0 Å². The van der Waals surface area contributed by atoms with Gasteiger partial charge in [-0.2, -0.15) is 0 Å². The predicted octanol–water partition coefficient (Wildman–Crippen LogP) is 3.14. The Balaban J connectivity index is 0.00000529. The van der Waals surface area contributed by atoms with E-state index >= 15 is 0 Å². The van der Waals surface area contributed by atoms with E-state index in [9.17, 15) is 8.42 Å². The smallest absolute Gasteiger partial charge is 0.191 e. The van der Waals surface area contributed by atoms with Gasteiger partial charge in [0.15, 0.2) is 15.8 Å². The number of rotatable bonds is 8. The van der Waals surface area contributed by atoms with Crippen LogP contribution >= 0.6 is 47.2 Å². The fourth-order valence-electron chi connectivity index (χ4n) is 1.90. The maximum Gasteiger partial charge on any atom is 0.191 e. The molecule has 0 unspecified atom stereocenters. The Morgan fingerprint density at radius 1 is 1.21 bits per heavy atom. The molecule has 0 aliphatic rings. The molecule has 0 saturated carbocycles. The van der Waals surface area contributed by atoms with Crippen LogP contribution in [0.1, 0.15) is 18.9 Å². The summed E-state index contributed by atoms with van der Waals surface area (Å²) < 4.78 is 22.8. The minimum absolute atomic E-state index is 0. The van der Waals surface area contributed by atoms with E-state index in [0.717, 1.165) is 18.4 Å². The Morgan fingerprint density at radius 3 is 2.46 bits per heavy atom. The molecule has 0 radical (unpaired) electrons. The number of hydrogen-bond acceptors (Lipinski definition) is 3. The van der Waals surface area contributed by atoms with Gasteiger partial charge in [-0.3, -0.25) is 4.99 Å². The summed E-state index contributed by atoms with van der Waals surface area (Å²) in [5, 5.41) is 7.44. The normalized spacial score (nSPS) is 11.8. The largest absolute Gasteiger partial charge is 0.356 e. The second-order valence-corrected chi connectivity index (χ2v) is 8.32. The molecular weight excluding hydrogens is 484 g/mol. The lowest BCUT2D eigenvalue weighted by atomic mass is 10.1. The molecule has 138 valence electrons. The number of hydrogen-bond donors (Lipinski definition) is 2. The number of aryl methyl sites for hydroxylation is 1. The maximum atomic E-state index is 11.4. The van der Waals surface area contributed by atoms with E-state index in [1.807, 2.05) is 12.1 Å². The van der Waals surface area contributed by atoms with E-state index in [-0.39, 0.29) is 35.5 Å². The molecule has 5 nitrogen and oxygen atoms in total. The molecule has 0 heterocycles. The van der Waals surface area contributed by atoms with Gasteiger partial charge in [0.25, 0.3) is 0 Å². The Morgan fingerprint density at radius 2 is 1.88 bits per heavy atom. The third kappa shape index (κ3) is 9.29. The van der Waals surface area contributed by atoms with Crippen molar-refractivity contribution in [1.29, 1.82) is 0 Å².